The molecule has 0 aliphatic carbocycles. The van der Waals surface area contributed by atoms with Crippen LogP contribution in [0.3, 0.4) is 0 Å². The molecular weight excluding hydrogens is 408 g/mol. The zero-order valence-corrected chi connectivity index (χ0v) is 18.2. The van der Waals surface area contributed by atoms with Gasteiger partial charge in [-0.3, -0.25) is 4.79 Å². The number of thioether (sulfide) groups is 1. The highest BCUT2D eigenvalue weighted by molar-refractivity contribution is 8.05. The van der Waals surface area contributed by atoms with Gasteiger partial charge in [0.2, 0.25) is 0 Å². The van der Waals surface area contributed by atoms with Crippen molar-refractivity contribution < 1.29 is 14.3 Å². The summed E-state index contributed by atoms with van der Waals surface area (Å²) in [4.78, 5) is 13.2. The number of para-hydroxylation sites is 1. The van der Waals surface area contributed by atoms with Crippen LogP contribution in [0, 0.1) is 6.92 Å². The Bertz CT molecular complexity index is 1100. The minimum atomic E-state index is -0.285. The molecule has 0 saturated carbocycles. The van der Waals surface area contributed by atoms with E-state index in [9.17, 15) is 4.79 Å². The summed E-state index contributed by atoms with van der Waals surface area (Å²) < 4.78 is 11.4. The van der Waals surface area contributed by atoms with Gasteiger partial charge in [0.1, 0.15) is 18.1 Å². The first kappa shape index (κ1) is 20.9. The molecule has 0 spiro atoms. The molecule has 158 valence electrons. The van der Waals surface area contributed by atoms with Crippen LogP contribution in [0.25, 0.3) is 6.08 Å². The summed E-state index contributed by atoms with van der Waals surface area (Å²) in [6.45, 7) is 2.49. The SMILES string of the molecule is COc1ccc(C)cc1NC1NC(=O)/C(=C/c2ccccc2OCc2ccccc2)S1. The first-order chi connectivity index (χ1) is 15.1. The van der Waals surface area contributed by atoms with E-state index in [1.807, 2.05) is 85.8 Å². The third-order valence-corrected chi connectivity index (χ3v) is 5.84. The summed E-state index contributed by atoms with van der Waals surface area (Å²) in [5.74, 6) is 1.36. The van der Waals surface area contributed by atoms with Crippen molar-refractivity contribution in [2.45, 2.75) is 19.0 Å². The fourth-order valence-corrected chi connectivity index (χ4v) is 4.22. The Hall–Kier alpha value is -3.38. The van der Waals surface area contributed by atoms with E-state index in [0.29, 0.717) is 11.5 Å². The summed E-state index contributed by atoms with van der Waals surface area (Å²) in [6.07, 6.45) is 1.87. The van der Waals surface area contributed by atoms with E-state index >= 15 is 0 Å². The van der Waals surface area contributed by atoms with E-state index in [0.717, 1.165) is 33.9 Å². The van der Waals surface area contributed by atoms with Gasteiger partial charge in [-0.05, 0) is 42.3 Å². The van der Waals surface area contributed by atoms with Gasteiger partial charge in [0, 0.05) is 5.56 Å². The predicted molar refractivity (Wildman–Crippen MR) is 126 cm³/mol. The van der Waals surface area contributed by atoms with Gasteiger partial charge >= 0.3 is 0 Å². The smallest absolute Gasteiger partial charge is 0.260 e. The molecule has 0 bridgehead atoms. The van der Waals surface area contributed by atoms with Gasteiger partial charge in [-0.2, -0.15) is 0 Å². The van der Waals surface area contributed by atoms with Crippen molar-refractivity contribution in [2.75, 3.05) is 12.4 Å². The first-order valence-electron chi connectivity index (χ1n) is 9.98. The van der Waals surface area contributed by atoms with Crippen LogP contribution in [0.5, 0.6) is 11.5 Å². The third-order valence-electron chi connectivity index (χ3n) is 4.82. The second-order valence-electron chi connectivity index (χ2n) is 7.14. The van der Waals surface area contributed by atoms with E-state index in [2.05, 4.69) is 10.6 Å². The molecule has 1 fully saturated rings. The molecule has 5 nitrogen and oxygen atoms in total. The number of amides is 1. The maximum absolute atomic E-state index is 12.6. The Morgan fingerprint density at radius 3 is 2.61 bits per heavy atom. The molecule has 2 N–H and O–H groups in total. The number of hydrogen-bond donors (Lipinski definition) is 2. The Kier molecular flexibility index (Phi) is 6.48. The van der Waals surface area contributed by atoms with Gasteiger partial charge in [0.05, 0.1) is 17.7 Å². The van der Waals surface area contributed by atoms with Crippen molar-refractivity contribution in [2.24, 2.45) is 0 Å². The molecule has 31 heavy (non-hydrogen) atoms. The first-order valence-corrected chi connectivity index (χ1v) is 10.9. The third kappa shape index (κ3) is 5.22. The second-order valence-corrected chi connectivity index (χ2v) is 8.29. The quantitative estimate of drug-likeness (QED) is 0.504. The van der Waals surface area contributed by atoms with Crippen molar-refractivity contribution in [3.8, 4) is 11.5 Å². The number of aryl methyl sites for hydroxylation is 1. The van der Waals surface area contributed by atoms with Gasteiger partial charge < -0.3 is 20.1 Å². The molecule has 3 aromatic carbocycles. The molecule has 1 atom stereocenters. The van der Waals surface area contributed by atoms with Crippen LogP contribution in [0.15, 0.2) is 77.7 Å². The van der Waals surface area contributed by atoms with E-state index < -0.39 is 0 Å². The van der Waals surface area contributed by atoms with Gasteiger partial charge in [-0.15, -0.1) is 0 Å². The lowest BCUT2D eigenvalue weighted by molar-refractivity contribution is -0.116. The molecule has 1 heterocycles. The minimum Gasteiger partial charge on any atom is -0.495 e. The Morgan fingerprint density at radius 1 is 1.03 bits per heavy atom. The summed E-state index contributed by atoms with van der Waals surface area (Å²) >= 11 is 1.43. The normalized spacial score (nSPS) is 16.8. The highest BCUT2D eigenvalue weighted by atomic mass is 32.2. The molecule has 1 aliphatic rings. The van der Waals surface area contributed by atoms with E-state index in [4.69, 9.17) is 9.47 Å². The number of carbonyl (C=O) groups is 1. The highest BCUT2D eigenvalue weighted by Gasteiger charge is 2.28. The molecule has 0 radical (unpaired) electrons. The fraction of sp³-hybridized carbons (Fsp3) is 0.160. The van der Waals surface area contributed by atoms with Crippen molar-refractivity contribution in [1.29, 1.82) is 0 Å². The molecule has 6 heteroatoms. The number of rotatable bonds is 7. The van der Waals surface area contributed by atoms with Gasteiger partial charge in [-0.25, -0.2) is 0 Å². The maximum atomic E-state index is 12.6. The summed E-state index contributed by atoms with van der Waals surface area (Å²) in [5.41, 5.74) is 3.62. The second kappa shape index (κ2) is 9.62. The van der Waals surface area contributed by atoms with Crippen molar-refractivity contribution in [3.63, 3.8) is 0 Å². The zero-order valence-electron chi connectivity index (χ0n) is 17.4. The molecule has 1 amide bonds. The number of anilines is 1. The predicted octanol–water partition coefficient (Wildman–Crippen LogP) is 5.18. The van der Waals surface area contributed by atoms with Crippen LogP contribution in [0.1, 0.15) is 16.7 Å². The lowest BCUT2D eigenvalue weighted by atomic mass is 10.2. The molecule has 4 rings (SSSR count). The van der Waals surface area contributed by atoms with Crippen LogP contribution in [-0.2, 0) is 11.4 Å². The molecule has 0 aromatic heterocycles. The lowest BCUT2D eigenvalue weighted by Gasteiger charge is -2.16. The van der Waals surface area contributed by atoms with Crippen LogP contribution in [0.4, 0.5) is 5.69 Å². The van der Waals surface area contributed by atoms with Crippen LogP contribution >= 0.6 is 11.8 Å². The summed E-state index contributed by atoms with van der Waals surface area (Å²) in [5, 5.41) is 6.31. The van der Waals surface area contributed by atoms with Crippen molar-refractivity contribution >= 4 is 29.4 Å². The van der Waals surface area contributed by atoms with Gasteiger partial charge in [0.15, 0.2) is 5.50 Å². The minimum absolute atomic E-state index is 0.119. The molecule has 1 saturated heterocycles. The maximum Gasteiger partial charge on any atom is 0.260 e. The van der Waals surface area contributed by atoms with Crippen molar-refractivity contribution in [1.82, 2.24) is 5.32 Å². The van der Waals surface area contributed by atoms with E-state index in [-0.39, 0.29) is 11.4 Å². The lowest BCUT2D eigenvalue weighted by Crippen LogP contribution is -2.31. The van der Waals surface area contributed by atoms with E-state index in [1.54, 1.807) is 7.11 Å². The monoisotopic (exact) mass is 432 g/mol. The fourth-order valence-electron chi connectivity index (χ4n) is 3.25. The van der Waals surface area contributed by atoms with Crippen LogP contribution in [-0.4, -0.2) is 18.5 Å². The topological polar surface area (TPSA) is 59.6 Å². The van der Waals surface area contributed by atoms with Crippen LogP contribution < -0.4 is 20.1 Å². The molecular formula is C25H24N2O3S. The average Bonchev–Trinajstić information content (AvgIpc) is 3.12. The van der Waals surface area contributed by atoms with Crippen LogP contribution in [0.2, 0.25) is 0 Å². The van der Waals surface area contributed by atoms with Gasteiger partial charge in [-0.1, -0.05) is 66.4 Å². The molecule has 1 aliphatic heterocycles. The van der Waals surface area contributed by atoms with E-state index in [1.165, 1.54) is 11.8 Å². The number of benzene rings is 3. The number of hydrogen-bond acceptors (Lipinski definition) is 5. The number of carbonyl (C=O) groups excluding carboxylic acids is 1. The Labute approximate surface area is 186 Å². The average molecular weight is 433 g/mol. The van der Waals surface area contributed by atoms with Gasteiger partial charge in [0.25, 0.3) is 5.91 Å². The molecule has 3 aromatic rings. The summed E-state index contributed by atoms with van der Waals surface area (Å²) in [7, 11) is 1.63. The Morgan fingerprint density at radius 2 is 1.81 bits per heavy atom. The number of nitrogens with one attached hydrogen (secondary N) is 2. The standard InChI is InChI=1S/C25H24N2O3S/c1-17-12-13-22(29-2)20(14-17)26-25-27-24(28)23(31-25)15-19-10-6-7-11-21(19)30-16-18-8-4-3-5-9-18/h3-15,25-26H,16H2,1-2H3,(H,27,28)/b23-15-. The Balaban J connectivity index is 1.48. The largest absolute Gasteiger partial charge is 0.495 e. The van der Waals surface area contributed by atoms with Crippen molar-refractivity contribution in [3.05, 3.63) is 94.4 Å². The summed E-state index contributed by atoms with van der Waals surface area (Å²) in [6, 6.07) is 23.6. The molecule has 1 unspecified atom stereocenters. The highest BCUT2D eigenvalue weighted by Crippen LogP contribution is 2.34. The number of methoxy groups -OCH3 is 1. The zero-order chi connectivity index (χ0) is 21.6. The number of ether oxygens (including phenoxy) is 2.